The smallest absolute Gasteiger partial charge is 0.332 e. The summed E-state index contributed by atoms with van der Waals surface area (Å²) >= 11 is 0. The van der Waals surface area contributed by atoms with E-state index in [9.17, 15) is 0 Å². The zero-order chi connectivity index (χ0) is 28.3. The highest BCUT2D eigenvalue weighted by Crippen LogP contribution is 2.42. The van der Waals surface area contributed by atoms with Crippen LogP contribution < -0.4 is 10.9 Å². The third-order valence-corrected chi connectivity index (χ3v) is 9.11. The van der Waals surface area contributed by atoms with Crippen molar-refractivity contribution in [1.82, 2.24) is 14.0 Å². The highest BCUT2D eigenvalue weighted by Gasteiger charge is 2.38. The number of benzene rings is 4. The van der Waals surface area contributed by atoms with E-state index in [1.165, 1.54) is 71.4 Å². The van der Waals surface area contributed by atoms with Crippen molar-refractivity contribution in [2.24, 2.45) is 0 Å². The zero-order valence-electron chi connectivity index (χ0n) is 24.7. The van der Waals surface area contributed by atoms with Gasteiger partial charge >= 0.3 is 6.85 Å². The Balaban J connectivity index is 1.64. The van der Waals surface area contributed by atoms with Crippen LogP contribution >= 0.6 is 0 Å². The number of para-hydroxylation sites is 4. The van der Waals surface area contributed by atoms with Crippen LogP contribution in [0.4, 0.5) is 0 Å². The lowest BCUT2D eigenvalue weighted by Crippen LogP contribution is -2.53. The van der Waals surface area contributed by atoms with Gasteiger partial charge in [-0.15, -0.1) is 0 Å². The monoisotopic (exact) mass is 531 g/mol. The van der Waals surface area contributed by atoms with Crippen molar-refractivity contribution in [1.29, 1.82) is 0 Å². The van der Waals surface area contributed by atoms with E-state index in [4.69, 9.17) is 0 Å². The van der Waals surface area contributed by atoms with E-state index < -0.39 is 0 Å². The molecule has 0 spiro atoms. The molecule has 0 saturated carbocycles. The maximum atomic E-state index is 4.53. The number of rotatable bonds is 1. The number of hydrogen-bond donors (Lipinski definition) is 0. The Morgan fingerprint density at radius 2 is 1.12 bits per heavy atom. The number of hydrogen-bond acceptors (Lipinski definition) is 1. The average Bonchev–Trinajstić information content (AvgIpc) is 3.47. The topological polar surface area (TPSA) is 22.8 Å². The standard InChI is InChI=1S/C37H34BN3/c1-36(2,3)27-15-9-12-23-24-13-10-16-28(37(4,5)6)34(24)41(33(23)27)38-29-17-7-8-19-32(29)40-31-20-21-39-22-26(31)25-14-11-18-30(38)35(25)40/h7-22H,1-6H3. The summed E-state index contributed by atoms with van der Waals surface area (Å²) < 4.78 is 5.18. The second kappa shape index (κ2) is 8.13. The van der Waals surface area contributed by atoms with Gasteiger partial charge in [-0.1, -0.05) is 114 Å². The van der Waals surface area contributed by atoms with Gasteiger partial charge in [0.05, 0.1) is 11.0 Å². The first-order chi connectivity index (χ1) is 19.7. The quantitative estimate of drug-likeness (QED) is 0.198. The molecule has 0 radical (unpaired) electrons. The second-order valence-corrected chi connectivity index (χ2v) is 13.7. The van der Waals surface area contributed by atoms with Crippen molar-refractivity contribution >= 4 is 61.4 Å². The van der Waals surface area contributed by atoms with Gasteiger partial charge in [0, 0.05) is 50.7 Å². The molecule has 4 heteroatoms. The molecule has 0 saturated heterocycles. The summed E-state index contributed by atoms with van der Waals surface area (Å²) in [5, 5.41) is 5.13. The lowest BCUT2D eigenvalue weighted by atomic mass is 9.48. The van der Waals surface area contributed by atoms with E-state index in [2.05, 4.69) is 141 Å². The molecule has 8 rings (SSSR count). The fraction of sp³-hybridized carbons (Fsp3) is 0.216. The van der Waals surface area contributed by atoms with E-state index in [1.54, 1.807) is 0 Å². The molecule has 3 nitrogen and oxygen atoms in total. The van der Waals surface area contributed by atoms with Crippen LogP contribution in [0.5, 0.6) is 0 Å². The number of aromatic nitrogens is 3. The Hall–Kier alpha value is -4.31. The molecule has 0 aliphatic carbocycles. The molecule has 41 heavy (non-hydrogen) atoms. The molecule has 0 bridgehead atoms. The highest BCUT2D eigenvalue weighted by molar-refractivity contribution is 6.88. The summed E-state index contributed by atoms with van der Waals surface area (Å²) in [6, 6.07) is 31.8. The van der Waals surface area contributed by atoms with Gasteiger partial charge in [0.1, 0.15) is 0 Å². The van der Waals surface area contributed by atoms with E-state index in [-0.39, 0.29) is 17.7 Å². The first kappa shape index (κ1) is 24.5. The minimum atomic E-state index is -0.0196. The normalized spacial score (nSPS) is 13.6. The van der Waals surface area contributed by atoms with Gasteiger partial charge in [-0.25, -0.2) is 0 Å². The molecule has 200 valence electrons. The largest absolute Gasteiger partial charge is 0.375 e. The van der Waals surface area contributed by atoms with Crippen LogP contribution in [0.2, 0.25) is 0 Å². The maximum Gasteiger partial charge on any atom is 0.332 e. The van der Waals surface area contributed by atoms with Crippen molar-refractivity contribution in [3.63, 3.8) is 0 Å². The van der Waals surface area contributed by atoms with Crippen molar-refractivity contribution in [2.45, 2.75) is 52.4 Å². The van der Waals surface area contributed by atoms with Crippen LogP contribution in [0.25, 0.3) is 49.3 Å². The predicted octanol–water partition coefficient (Wildman–Crippen LogP) is 7.85. The van der Waals surface area contributed by atoms with E-state index >= 15 is 0 Å². The van der Waals surface area contributed by atoms with E-state index in [0.29, 0.717) is 0 Å². The Morgan fingerprint density at radius 1 is 0.561 bits per heavy atom. The van der Waals surface area contributed by atoms with Crippen LogP contribution in [0.3, 0.4) is 0 Å². The third-order valence-electron chi connectivity index (χ3n) is 9.11. The van der Waals surface area contributed by atoms with Gasteiger partial charge in [0.25, 0.3) is 0 Å². The number of nitrogens with zero attached hydrogens (tertiary/aromatic N) is 3. The Morgan fingerprint density at radius 3 is 1.76 bits per heavy atom. The van der Waals surface area contributed by atoms with Gasteiger partial charge < -0.3 is 9.05 Å². The molecule has 0 atom stereocenters. The molecular weight excluding hydrogens is 497 g/mol. The van der Waals surface area contributed by atoms with Crippen molar-refractivity contribution < 1.29 is 0 Å². The summed E-state index contributed by atoms with van der Waals surface area (Å²) in [5.74, 6) is 0. The lowest BCUT2D eigenvalue weighted by Gasteiger charge is -2.31. The van der Waals surface area contributed by atoms with Crippen molar-refractivity contribution in [3.8, 4) is 5.69 Å². The van der Waals surface area contributed by atoms with Gasteiger partial charge in [0.15, 0.2) is 0 Å². The molecule has 0 amide bonds. The van der Waals surface area contributed by atoms with Gasteiger partial charge in [0.2, 0.25) is 0 Å². The second-order valence-electron chi connectivity index (χ2n) is 13.7. The predicted molar refractivity (Wildman–Crippen MR) is 176 cm³/mol. The number of fused-ring (bicyclic) bond motifs is 8. The van der Waals surface area contributed by atoms with Gasteiger partial charge in [-0.05, 0) is 45.0 Å². The van der Waals surface area contributed by atoms with E-state index in [0.717, 1.165) is 0 Å². The molecule has 0 unspecified atom stereocenters. The van der Waals surface area contributed by atoms with E-state index in [1.807, 2.05) is 12.4 Å². The molecule has 0 fully saturated rings. The van der Waals surface area contributed by atoms with Crippen LogP contribution in [-0.2, 0) is 10.8 Å². The Bertz CT molecular complexity index is 2110. The van der Waals surface area contributed by atoms with Crippen molar-refractivity contribution in [3.05, 3.63) is 108 Å². The van der Waals surface area contributed by atoms with Gasteiger partial charge in [-0.3, -0.25) is 4.98 Å². The summed E-state index contributed by atoms with van der Waals surface area (Å²) in [7, 11) is 0. The minimum Gasteiger partial charge on any atom is -0.375 e. The van der Waals surface area contributed by atoms with Crippen LogP contribution in [0.15, 0.2) is 97.3 Å². The summed E-state index contributed by atoms with van der Waals surface area (Å²) in [6.45, 7) is 14.1. The molecule has 4 aromatic carbocycles. The number of pyridine rings is 1. The highest BCUT2D eigenvalue weighted by atomic mass is 15.0. The zero-order valence-corrected chi connectivity index (χ0v) is 24.7. The first-order valence-electron chi connectivity index (χ1n) is 14.7. The summed E-state index contributed by atoms with van der Waals surface area (Å²) in [5.41, 5.74) is 11.8. The molecule has 1 aliphatic heterocycles. The minimum absolute atomic E-state index is 0.0196. The van der Waals surface area contributed by atoms with Crippen LogP contribution in [0, 0.1) is 0 Å². The summed E-state index contributed by atoms with van der Waals surface area (Å²) in [6.07, 6.45) is 3.94. The maximum absolute atomic E-state index is 4.53. The van der Waals surface area contributed by atoms with Crippen LogP contribution in [0.1, 0.15) is 52.7 Å². The van der Waals surface area contributed by atoms with Crippen molar-refractivity contribution in [2.75, 3.05) is 0 Å². The summed E-state index contributed by atoms with van der Waals surface area (Å²) in [4.78, 5) is 4.53. The molecule has 1 aliphatic rings. The first-order valence-corrected chi connectivity index (χ1v) is 14.7. The molecule has 4 heterocycles. The lowest BCUT2D eigenvalue weighted by molar-refractivity contribution is 0.592. The fourth-order valence-electron chi connectivity index (χ4n) is 7.40. The van der Waals surface area contributed by atoms with Crippen LogP contribution in [-0.4, -0.2) is 20.9 Å². The average molecular weight is 532 g/mol. The molecule has 3 aromatic heterocycles. The fourth-order valence-corrected chi connectivity index (χ4v) is 7.40. The molecule has 0 N–H and O–H groups in total. The molecular formula is C37H34BN3. The Labute approximate surface area is 241 Å². The van der Waals surface area contributed by atoms with Gasteiger partial charge in [-0.2, -0.15) is 0 Å². The molecule has 7 aromatic rings. The third kappa shape index (κ3) is 3.25. The SMILES string of the molecule is CC(C)(C)c1cccc2c3cccc(C(C)(C)C)c3n(B3c4ccccc4-n4c5ccncc5c5cccc3c54)c12. The Kier molecular flexibility index (Phi) is 4.86.